The van der Waals surface area contributed by atoms with Crippen molar-refractivity contribution in [2.24, 2.45) is 16.6 Å². The second-order valence-electron chi connectivity index (χ2n) is 4.95. The molecule has 6 heteroatoms. The Labute approximate surface area is 104 Å². The minimum Gasteiger partial charge on any atom is -0.370 e. The number of nitrogens with two attached hydrogens (primary N) is 1. The molecule has 0 radical (unpaired) electrons. The standard InChI is InChI=1S/C11H23N3O2S/c1-9(2)14-11(12)13-6-3-10-4-7-17(15,16)8-5-10/h9-10H,3-8H2,1-2H3,(H3,12,13,14). The van der Waals surface area contributed by atoms with E-state index in [1.807, 2.05) is 13.8 Å². The Morgan fingerprint density at radius 3 is 2.53 bits per heavy atom. The van der Waals surface area contributed by atoms with E-state index >= 15 is 0 Å². The Kier molecular flexibility index (Phi) is 5.24. The van der Waals surface area contributed by atoms with E-state index in [1.165, 1.54) is 0 Å². The summed E-state index contributed by atoms with van der Waals surface area (Å²) in [6, 6.07) is 0.290. The third-order valence-electron chi connectivity index (χ3n) is 2.93. The molecule has 0 amide bonds. The molecule has 1 aliphatic heterocycles. The van der Waals surface area contributed by atoms with Crippen LogP contribution < -0.4 is 11.1 Å². The van der Waals surface area contributed by atoms with Gasteiger partial charge in [-0.05, 0) is 39.0 Å². The fourth-order valence-corrected chi connectivity index (χ4v) is 3.53. The first-order chi connectivity index (χ1) is 7.89. The number of rotatable bonds is 4. The third-order valence-corrected chi connectivity index (χ3v) is 4.65. The highest BCUT2D eigenvalue weighted by Gasteiger charge is 2.22. The Balaban J connectivity index is 2.24. The predicted molar refractivity (Wildman–Crippen MR) is 70.8 cm³/mol. The molecule has 0 aliphatic carbocycles. The zero-order valence-electron chi connectivity index (χ0n) is 10.6. The van der Waals surface area contributed by atoms with Crippen LogP contribution in [0.3, 0.4) is 0 Å². The van der Waals surface area contributed by atoms with Crippen molar-refractivity contribution in [1.29, 1.82) is 0 Å². The first kappa shape index (κ1) is 14.3. The summed E-state index contributed by atoms with van der Waals surface area (Å²) in [6.45, 7) is 4.69. The fraction of sp³-hybridized carbons (Fsp3) is 0.909. The number of aliphatic imine (C=N–C) groups is 1. The molecule has 1 heterocycles. The molecule has 1 saturated heterocycles. The molecule has 17 heavy (non-hydrogen) atoms. The van der Waals surface area contributed by atoms with E-state index in [4.69, 9.17) is 5.73 Å². The summed E-state index contributed by atoms with van der Waals surface area (Å²) in [6.07, 6.45) is 2.47. The van der Waals surface area contributed by atoms with Crippen LogP contribution in [-0.4, -0.2) is 38.5 Å². The van der Waals surface area contributed by atoms with Gasteiger partial charge in [-0.3, -0.25) is 4.99 Å². The lowest BCUT2D eigenvalue weighted by molar-refractivity contribution is 0.441. The van der Waals surface area contributed by atoms with Gasteiger partial charge in [0.05, 0.1) is 11.5 Å². The van der Waals surface area contributed by atoms with Crippen LogP contribution in [0.1, 0.15) is 33.1 Å². The molecule has 0 spiro atoms. The number of guanidine groups is 1. The second-order valence-corrected chi connectivity index (χ2v) is 7.25. The van der Waals surface area contributed by atoms with Gasteiger partial charge in [0.25, 0.3) is 0 Å². The Bertz CT molecular complexity index is 349. The van der Waals surface area contributed by atoms with E-state index in [9.17, 15) is 8.42 Å². The average Bonchev–Trinajstić information content (AvgIpc) is 2.19. The van der Waals surface area contributed by atoms with E-state index in [-0.39, 0.29) is 0 Å². The zero-order valence-corrected chi connectivity index (χ0v) is 11.5. The molecule has 1 aliphatic rings. The van der Waals surface area contributed by atoms with Crippen LogP contribution in [0, 0.1) is 5.92 Å². The number of sulfone groups is 1. The third kappa shape index (κ3) is 5.91. The van der Waals surface area contributed by atoms with Gasteiger partial charge in [0.15, 0.2) is 5.96 Å². The smallest absolute Gasteiger partial charge is 0.188 e. The lowest BCUT2D eigenvalue weighted by atomic mass is 9.99. The van der Waals surface area contributed by atoms with Crippen LogP contribution in [0.15, 0.2) is 4.99 Å². The van der Waals surface area contributed by atoms with E-state index in [0.29, 0.717) is 36.0 Å². The van der Waals surface area contributed by atoms with Crippen molar-refractivity contribution in [2.45, 2.75) is 39.2 Å². The monoisotopic (exact) mass is 261 g/mol. The van der Waals surface area contributed by atoms with E-state index in [0.717, 1.165) is 19.3 Å². The molecule has 0 atom stereocenters. The zero-order chi connectivity index (χ0) is 12.9. The molecule has 3 N–H and O–H groups in total. The van der Waals surface area contributed by atoms with Crippen molar-refractivity contribution in [3.63, 3.8) is 0 Å². The molecular formula is C11H23N3O2S. The molecule has 1 fully saturated rings. The topological polar surface area (TPSA) is 84.5 Å². The van der Waals surface area contributed by atoms with Crippen LogP contribution in [0.4, 0.5) is 0 Å². The summed E-state index contributed by atoms with van der Waals surface area (Å²) >= 11 is 0. The number of nitrogens with one attached hydrogen (secondary N) is 1. The molecular weight excluding hydrogens is 238 g/mol. The van der Waals surface area contributed by atoms with Crippen LogP contribution >= 0.6 is 0 Å². The second kappa shape index (κ2) is 6.23. The summed E-state index contributed by atoms with van der Waals surface area (Å²) in [5.74, 6) is 1.62. The lowest BCUT2D eigenvalue weighted by Gasteiger charge is -2.21. The van der Waals surface area contributed by atoms with Crippen molar-refractivity contribution in [1.82, 2.24) is 5.32 Å². The molecule has 0 aromatic carbocycles. The SMILES string of the molecule is CC(C)NC(N)=NCCC1CCS(=O)(=O)CC1. The summed E-state index contributed by atoms with van der Waals surface area (Å²) < 4.78 is 22.5. The first-order valence-corrected chi connectivity index (χ1v) is 7.98. The van der Waals surface area contributed by atoms with Gasteiger partial charge in [0, 0.05) is 12.6 Å². The average molecular weight is 261 g/mol. The predicted octanol–water partition coefficient (Wildman–Crippen LogP) is 0.514. The molecule has 0 bridgehead atoms. The van der Waals surface area contributed by atoms with E-state index in [1.54, 1.807) is 0 Å². The van der Waals surface area contributed by atoms with Crippen LogP contribution in [0.25, 0.3) is 0 Å². The summed E-state index contributed by atoms with van der Waals surface area (Å²) in [5, 5.41) is 3.03. The first-order valence-electron chi connectivity index (χ1n) is 6.16. The normalized spacial score (nSPS) is 21.7. The van der Waals surface area contributed by atoms with Crippen molar-refractivity contribution >= 4 is 15.8 Å². The maximum Gasteiger partial charge on any atom is 0.188 e. The van der Waals surface area contributed by atoms with Crippen LogP contribution in [-0.2, 0) is 9.84 Å². The van der Waals surface area contributed by atoms with Crippen molar-refractivity contribution in [2.75, 3.05) is 18.1 Å². The molecule has 0 aromatic rings. The van der Waals surface area contributed by atoms with Gasteiger partial charge in [-0.2, -0.15) is 0 Å². The van der Waals surface area contributed by atoms with Gasteiger partial charge < -0.3 is 11.1 Å². The van der Waals surface area contributed by atoms with Crippen molar-refractivity contribution in [3.05, 3.63) is 0 Å². The molecule has 0 unspecified atom stereocenters. The van der Waals surface area contributed by atoms with Gasteiger partial charge in [-0.1, -0.05) is 0 Å². The Morgan fingerprint density at radius 2 is 2.00 bits per heavy atom. The van der Waals surface area contributed by atoms with Crippen LogP contribution in [0.5, 0.6) is 0 Å². The minimum absolute atomic E-state index is 0.290. The minimum atomic E-state index is -2.75. The number of hydrogen-bond donors (Lipinski definition) is 2. The molecule has 0 aromatic heterocycles. The van der Waals surface area contributed by atoms with Gasteiger partial charge in [0.1, 0.15) is 9.84 Å². The number of nitrogens with zero attached hydrogens (tertiary/aromatic N) is 1. The summed E-state index contributed by atoms with van der Waals surface area (Å²) in [7, 11) is -2.75. The highest BCUT2D eigenvalue weighted by atomic mass is 32.2. The molecule has 100 valence electrons. The Morgan fingerprint density at radius 1 is 1.41 bits per heavy atom. The molecule has 1 rings (SSSR count). The quantitative estimate of drug-likeness (QED) is 0.570. The van der Waals surface area contributed by atoms with Gasteiger partial charge in [-0.15, -0.1) is 0 Å². The lowest BCUT2D eigenvalue weighted by Crippen LogP contribution is -2.37. The van der Waals surface area contributed by atoms with E-state index < -0.39 is 9.84 Å². The van der Waals surface area contributed by atoms with Crippen molar-refractivity contribution in [3.8, 4) is 0 Å². The van der Waals surface area contributed by atoms with Crippen molar-refractivity contribution < 1.29 is 8.42 Å². The fourth-order valence-electron chi connectivity index (χ4n) is 1.94. The summed E-state index contributed by atoms with van der Waals surface area (Å²) in [5.41, 5.74) is 5.68. The van der Waals surface area contributed by atoms with Gasteiger partial charge in [0.2, 0.25) is 0 Å². The highest BCUT2D eigenvalue weighted by Crippen LogP contribution is 2.21. The summed E-state index contributed by atoms with van der Waals surface area (Å²) in [4.78, 5) is 4.23. The van der Waals surface area contributed by atoms with E-state index in [2.05, 4.69) is 10.3 Å². The highest BCUT2D eigenvalue weighted by molar-refractivity contribution is 7.91. The maximum atomic E-state index is 11.2. The van der Waals surface area contributed by atoms with Gasteiger partial charge in [-0.25, -0.2) is 8.42 Å². The van der Waals surface area contributed by atoms with Crippen LogP contribution in [0.2, 0.25) is 0 Å². The maximum absolute atomic E-state index is 11.2. The Hall–Kier alpha value is -0.780. The molecule has 0 saturated carbocycles. The largest absolute Gasteiger partial charge is 0.370 e. The number of hydrogen-bond acceptors (Lipinski definition) is 3. The van der Waals surface area contributed by atoms with Gasteiger partial charge >= 0.3 is 0 Å². The molecule has 5 nitrogen and oxygen atoms in total.